The molecule has 1 aromatic rings. The lowest BCUT2D eigenvalue weighted by atomic mass is 9.98. The van der Waals surface area contributed by atoms with Gasteiger partial charge in [-0.25, -0.2) is 0 Å². The van der Waals surface area contributed by atoms with E-state index in [4.69, 9.17) is 10.5 Å². The lowest BCUT2D eigenvalue weighted by Gasteiger charge is -2.32. The first-order valence-electron chi connectivity index (χ1n) is 6.80. The van der Waals surface area contributed by atoms with Crippen molar-refractivity contribution < 1.29 is 9.53 Å². The van der Waals surface area contributed by atoms with Crippen LogP contribution in [0.4, 0.5) is 5.69 Å². The van der Waals surface area contributed by atoms with Crippen LogP contribution < -0.4 is 5.73 Å². The first-order chi connectivity index (χ1) is 9.19. The number of carbonyl (C=O) groups is 1. The number of likely N-dealkylation sites (tertiary alicyclic amines) is 1. The van der Waals surface area contributed by atoms with Gasteiger partial charge in [-0.3, -0.25) is 4.79 Å². The minimum Gasteiger partial charge on any atom is -0.399 e. The molecule has 1 aliphatic heterocycles. The van der Waals surface area contributed by atoms with Gasteiger partial charge in [-0.15, -0.1) is 0 Å². The minimum atomic E-state index is 0.200. The fraction of sp³-hybridized carbons (Fsp3) is 0.533. The molecule has 1 aliphatic rings. The average Bonchev–Trinajstić information content (AvgIpc) is 2.42. The van der Waals surface area contributed by atoms with Crippen molar-refractivity contribution in [3.8, 4) is 0 Å². The normalized spacial score (nSPS) is 19.4. The van der Waals surface area contributed by atoms with Crippen molar-refractivity contribution in [3.05, 3.63) is 29.8 Å². The Morgan fingerprint density at radius 1 is 1.42 bits per heavy atom. The Hall–Kier alpha value is -1.55. The van der Waals surface area contributed by atoms with E-state index < -0.39 is 0 Å². The van der Waals surface area contributed by atoms with E-state index in [0.29, 0.717) is 12.3 Å². The van der Waals surface area contributed by atoms with Gasteiger partial charge in [-0.05, 0) is 36.5 Å². The molecule has 1 aromatic carbocycles. The summed E-state index contributed by atoms with van der Waals surface area (Å²) in [5, 5.41) is 0. The zero-order chi connectivity index (χ0) is 13.7. The van der Waals surface area contributed by atoms with Crippen LogP contribution in [0.15, 0.2) is 24.3 Å². The van der Waals surface area contributed by atoms with Gasteiger partial charge in [-0.1, -0.05) is 12.1 Å². The summed E-state index contributed by atoms with van der Waals surface area (Å²) in [6.45, 7) is 2.43. The SMILES string of the molecule is COCC1CCCN(C(=O)Cc2ccc(N)cc2)C1. The molecule has 1 saturated heterocycles. The number of hydrogen-bond acceptors (Lipinski definition) is 3. The maximum Gasteiger partial charge on any atom is 0.226 e. The van der Waals surface area contributed by atoms with Gasteiger partial charge in [-0.2, -0.15) is 0 Å². The lowest BCUT2D eigenvalue weighted by Crippen LogP contribution is -2.41. The Morgan fingerprint density at radius 3 is 2.84 bits per heavy atom. The highest BCUT2D eigenvalue weighted by atomic mass is 16.5. The molecule has 1 heterocycles. The number of nitrogens with zero attached hydrogens (tertiary/aromatic N) is 1. The van der Waals surface area contributed by atoms with Gasteiger partial charge in [0.25, 0.3) is 0 Å². The number of nitrogens with two attached hydrogens (primary N) is 1. The van der Waals surface area contributed by atoms with Crippen LogP contribution in [0, 0.1) is 5.92 Å². The largest absolute Gasteiger partial charge is 0.399 e. The van der Waals surface area contributed by atoms with Crippen molar-refractivity contribution in [1.82, 2.24) is 4.90 Å². The second-order valence-corrected chi connectivity index (χ2v) is 5.22. The third-order valence-electron chi connectivity index (χ3n) is 3.61. The summed E-state index contributed by atoms with van der Waals surface area (Å²) in [5.41, 5.74) is 7.39. The second kappa shape index (κ2) is 6.57. The van der Waals surface area contributed by atoms with Crippen LogP contribution in [0.5, 0.6) is 0 Å². The molecule has 0 saturated carbocycles. The van der Waals surface area contributed by atoms with Crippen LogP contribution in [0.3, 0.4) is 0 Å². The van der Waals surface area contributed by atoms with Crippen LogP contribution in [-0.2, 0) is 16.0 Å². The molecule has 1 unspecified atom stereocenters. The lowest BCUT2D eigenvalue weighted by molar-refractivity contribution is -0.132. The summed E-state index contributed by atoms with van der Waals surface area (Å²) in [6, 6.07) is 7.52. The van der Waals surface area contributed by atoms with E-state index in [1.807, 2.05) is 29.2 Å². The zero-order valence-electron chi connectivity index (χ0n) is 11.5. The number of benzene rings is 1. The monoisotopic (exact) mass is 262 g/mol. The van der Waals surface area contributed by atoms with Gasteiger partial charge in [0.1, 0.15) is 0 Å². The van der Waals surface area contributed by atoms with Gasteiger partial charge in [0.15, 0.2) is 0 Å². The molecule has 0 spiro atoms. The number of methoxy groups -OCH3 is 1. The number of piperidine rings is 1. The molecule has 1 atom stereocenters. The van der Waals surface area contributed by atoms with E-state index in [-0.39, 0.29) is 5.91 Å². The first-order valence-corrected chi connectivity index (χ1v) is 6.80. The van der Waals surface area contributed by atoms with Gasteiger partial charge >= 0.3 is 0 Å². The molecule has 4 nitrogen and oxygen atoms in total. The zero-order valence-corrected chi connectivity index (χ0v) is 11.5. The molecular formula is C15H22N2O2. The Morgan fingerprint density at radius 2 is 2.16 bits per heavy atom. The Balaban J connectivity index is 1.90. The molecule has 1 fully saturated rings. The van der Waals surface area contributed by atoms with Crippen molar-refractivity contribution >= 4 is 11.6 Å². The fourth-order valence-corrected chi connectivity index (χ4v) is 2.59. The summed E-state index contributed by atoms with van der Waals surface area (Å²) in [5.74, 6) is 0.680. The molecule has 0 aliphatic carbocycles. The highest BCUT2D eigenvalue weighted by molar-refractivity contribution is 5.79. The van der Waals surface area contributed by atoms with E-state index >= 15 is 0 Å². The molecule has 2 rings (SSSR count). The molecule has 104 valence electrons. The number of rotatable bonds is 4. The van der Waals surface area contributed by atoms with E-state index in [9.17, 15) is 4.79 Å². The Labute approximate surface area is 114 Å². The summed E-state index contributed by atoms with van der Waals surface area (Å²) < 4.78 is 5.19. The van der Waals surface area contributed by atoms with E-state index in [1.54, 1.807) is 7.11 Å². The number of anilines is 1. The third kappa shape index (κ3) is 3.96. The summed E-state index contributed by atoms with van der Waals surface area (Å²) in [7, 11) is 1.72. The molecular weight excluding hydrogens is 240 g/mol. The molecule has 2 N–H and O–H groups in total. The first kappa shape index (κ1) is 13.9. The number of hydrogen-bond donors (Lipinski definition) is 1. The molecule has 0 bridgehead atoms. The average molecular weight is 262 g/mol. The van der Waals surface area contributed by atoms with Crippen molar-refractivity contribution in [1.29, 1.82) is 0 Å². The minimum absolute atomic E-state index is 0.200. The van der Waals surface area contributed by atoms with Crippen LogP contribution in [0.25, 0.3) is 0 Å². The van der Waals surface area contributed by atoms with Crippen molar-refractivity contribution in [3.63, 3.8) is 0 Å². The maximum atomic E-state index is 12.3. The maximum absolute atomic E-state index is 12.3. The van der Waals surface area contributed by atoms with E-state index in [2.05, 4.69) is 0 Å². The molecule has 0 aromatic heterocycles. The number of nitrogen functional groups attached to an aromatic ring is 1. The predicted molar refractivity (Wildman–Crippen MR) is 75.7 cm³/mol. The third-order valence-corrected chi connectivity index (χ3v) is 3.61. The predicted octanol–water partition coefficient (Wildman–Crippen LogP) is 1.70. The van der Waals surface area contributed by atoms with Gasteiger partial charge in [0.2, 0.25) is 5.91 Å². The van der Waals surface area contributed by atoms with Crippen LogP contribution in [-0.4, -0.2) is 37.6 Å². The highest BCUT2D eigenvalue weighted by Gasteiger charge is 2.23. The van der Waals surface area contributed by atoms with Crippen LogP contribution >= 0.6 is 0 Å². The Kier molecular flexibility index (Phi) is 4.80. The quantitative estimate of drug-likeness (QED) is 0.840. The topological polar surface area (TPSA) is 55.6 Å². The number of carbonyl (C=O) groups excluding carboxylic acids is 1. The van der Waals surface area contributed by atoms with Crippen LogP contribution in [0.1, 0.15) is 18.4 Å². The molecule has 0 radical (unpaired) electrons. The summed E-state index contributed by atoms with van der Waals surface area (Å²) in [4.78, 5) is 14.2. The van der Waals surface area contributed by atoms with Gasteiger partial charge in [0, 0.05) is 25.9 Å². The van der Waals surface area contributed by atoms with Crippen LogP contribution in [0.2, 0.25) is 0 Å². The summed E-state index contributed by atoms with van der Waals surface area (Å²) in [6.07, 6.45) is 2.68. The van der Waals surface area contributed by atoms with E-state index in [0.717, 1.165) is 43.8 Å². The second-order valence-electron chi connectivity index (χ2n) is 5.22. The van der Waals surface area contributed by atoms with E-state index in [1.165, 1.54) is 0 Å². The fourth-order valence-electron chi connectivity index (χ4n) is 2.59. The molecule has 4 heteroatoms. The number of amides is 1. The van der Waals surface area contributed by atoms with Crippen molar-refractivity contribution in [2.45, 2.75) is 19.3 Å². The standard InChI is InChI=1S/C15H22N2O2/c1-19-11-13-3-2-8-17(10-13)15(18)9-12-4-6-14(16)7-5-12/h4-7,13H,2-3,8-11,16H2,1H3. The van der Waals surface area contributed by atoms with Gasteiger partial charge < -0.3 is 15.4 Å². The Bertz CT molecular complexity index is 415. The number of ether oxygens (including phenoxy) is 1. The summed E-state index contributed by atoms with van der Waals surface area (Å²) >= 11 is 0. The van der Waals surface area contributed by atoms with Crippen molar-refractivity contribution in [2.75, 3.05) is 32.5 Å². The smallest absolute Gasteiger partial charge is 0.226 e. The molecule has 19 heavy (non-hydrogen) atoms. The van der Waals surface area contributed by atoms with Gasteiger partial charge in [0.05, 0.1) is 13.0 Å². The highest BCUT2D eigenvalue weighted by Crippen LogP contribution is 2.18. The molecule has 1 amide bonds. The van der Waals surface area contributed by atoms with Crippen molar-refractivity contribution in [2.24, 2.45) is 5.92 Å².